The van der Waals surface area contributed by atoms with E-state index in [0.29, 0.717) is 30.0 Å². The van der Waals surface area contributed by atoms with Crippen LogP contribution in [0.4, 0.5) is 32.0 Å². The number of amides is 2. The highest BCUT2D eigenvalue weighted by molar-refractivity contribution is 6.04. The number of hydrogen-bond acceptors (Lipinski definition) is 2. The van der Waals surface area contributed by atoms with E-state index in [9.17, 15) is 35.9 Å². The third kappa shape index (κ3) is 8.09. The summed E-state index contributed by atoms with van der Waals surface area (Å²) in [5.41, 5.74) is -1.90. The quantitative estimate of drug-likeness (QED) is 0.165. The summed E-state index contributed by atoms with van der Waals surface area (Å²) in [7, 11) is 0. The van der Waals surface area contributed by atoms with Gasteiger partial charge in [0.05, 0.1) is 11.1 Å². The molecule has 0 aliphatic rings. The fourth-order valence-corrected chi connectivity index (χ4v) is 5.38. The Morgan fingerprint density at radius 2 is 1.10 bits per heavy atom. The molecule has 0 spiro atoms. The molecule has 0 bridgehead atoms. The minimum absolute atomic E-state index is 0.0384. The lowest BCUT2D eigenvalue weighted by atomic mass is 9.76. The van der Waals surface area contributed by atoms with Gasteiger partial charge in [0.2, 0.25) is 0 Å². The second-order valence-corrected chi connectivity index (χ2v) is 12.2. The van der Waals surface area contributed by atoms with E-state index in [1.165, 1.54) is 18.2 Å². The maximum absolute atomic E-state index is 14.3. The van der Waals surface area contributed by atoms with Crippen molar-refractivity contribution in [2.45, 2.75) is 77.7 Å². The van der Waals surface area contributed by atoms with Crippen molar-refractivity contribution in [3.05, 3.63) is 113 Å². The van der Waals surface area contributed by atoms with Crippen molar-refractivity contribution in [3.8, 4) is 22.3 Å². The molecule has 10 heteroatoms. The highest BCUT2D eigenvalue weighted by Gasteiger charge is 2.39. The molecule has 4 rings (SSSR count). The van der Waals surface area contributed by atoms with Gasteiger partial charge in [0.15, 0.2) is 0 Å². The van der Waals surface area contributed by atoms with E-state index in [2.05, 4.69) is 10.6 Å². The molecule has 1 atom stereocenters. The Morgan fingerprint density at radius 3 is 1.56 bits per heavy atom. The van der Waals surface area contributed by atoms with Gasteiger partial charge in [0, 0.05) is 22.9 Å². The largest absolute Gasteiger partial charge is 0.417 e. The highest BCUT2D eigenvalue weighted by Crippen LogP contribution is 2.45. The maximum Gasteiger partial charge on any atom is 0.417 e. The van der Waals surface area contributed by atoms with Gasteiger partial charge in [-0.15, -0.1) is 0 Å². The van der Waals surface area contributed by atoms with Crippen molar-refractivity contribution < 1.29 is 35.9 Å². The molecule has 0 aliphatic carbocycles. The molecule has 0 aromatic heterocycles. The molecule has 0 aliphatic heterocycles. The van der Waals surface area contributed by atoms with Gasteiger partial charge in [0.1, 0.15) is 0 Å². The molecule has 4 aromatic carbocycles. The van der Waals surface area contributed by atoms with Crippen molar-refractivity contribution in [2.24, 2.45) is 0 Å². The van der Waals surface area contributed by atoms with Crippen molar-refractivity contribution >= 4 is 17.5 Å². The minimum Gasteiger partial charge on any atom is -0.350 e. The zero-order valence-electron chi connectivity index (χ0n) is 27.4. The number of halogens is 6. The standard InChI is InChI=1S/C38H38F6N2O2/c1-6-23(4)45-34(47)26-13-9-24(10-14-26)25-11-15-27(16-12-25)35(48)46-29-18-20-31(33(22-29)38(42,43)44)30-19-17-28(36(5,7-2)8-3)21-32(30)37(39,40)41/h9-23H,6-8H2,1-5H3,(H,45,47)(H,46,48). The second kappa shape index (κ2) is 14.3. The number of benzene rings is 4. The van der Waals surface area contributed by atoms with Crippen LogP contribution in [0.5, 0.6) is 0 Å². The van der Waals surface area contributed by atoms with Gasteiger partial charge >= 0.3 is 12.4 Å². The summed E-state index contributed by atoms with van der Waals surface area (Å²) in [6.07, 6.45) is -8.01. The van der Waals surface area contributed by atoms with Crippen LogP contribution in [0.15, 0.2) is 84.9 Å². The Labute approximate surface area is 276 Å². The van der Waals surface area contributed by atoms with Crippen molar-refractivity contribution in [1.29, 1.82) is 0 Å². The van der Waals surface area contributed by atoms with E-state index >= 15 is 0 Å². The first-order valence-electron chi connectivity index (χ1n) is 15.8. The fourth-order valence-electron chi connectivity index (χ4n) is 5.38. The van der Waals surface area contributed by atoms with Gasteiger partial charge in [-0.2, -0.15) is 26.3 Å². The van der Waals surface area contributed by atoms with Crippen LogP contribution in [-0.4, -0.2) is 17.9 Å². The average Bonchev–Trinajstić information content (AvgIpc) is 3.06. The second-order valence-electron chi connectivity index (χ2n) is 12.2. The Bertz CT molecular complexity index is 1760. The Hall–Kier alpha value is -4.60. The minimum atomic E-state index is -5.01. The predicted molar refractivity (Wildman–Crippen MR) is 177 cm³/mol. The molecule has 0 saturated heterocycles. The molecule has 0 fully saturated rings. The smallest absolute Gasteiger partial charge is 0.350 e. The first-order valence-corrected chi connectivity index (χ1v) is 15.8. The fraction of sp³-hybridized carbons (Fsp3) is 0.316. The maximum atomic E-state index is 14.3. The SMILES string of the molecule is CCC(C)NC(=O)c1ccc(-c2ccc(C(=O)Nc3ccc(-c4ccc(C(C)(CC)CC)cc4C(F)(F)F)c(C(F)(F)F)c3)cc2)cc1. The molecule has 48 heavy (non-hydrogen) atoms. The lowest BCUT2D eigenvalue weighted by Crippen LogP contribution is -2.31. The van der Waals surface area contributed by atoms with Gasteiger partial charge in [-0.3, -0.25) is 9.59 Å². The molecule has 0 saturated carbocycles. The Kier molecular flexibility index (Phi) is 10.8. The summed E-state index contributed by atoms with van der Waals surface area (Å²) in [5.74, 6) is -0.881. The first kappa shape index (κ1) is 36.2. The van der Waals surface area contributed by atoms with Crippen LogP contribution in [-0.2, 0) is 17.8 Å². The van der Waals surface area contributed by atoms with Gasteiger partial charge in [-0.05, 0) is 102 Å². The third-order valence-corrected chi connectivity index (χ3v) is 9.07. The predicted octanol–water partition coefficient (Wildman–Crippen LogP) is 10.9. The molecule has 2 N–H and O–H groups in total. The first-order chi connectivity index (χ1) is 22.5. The number of rotatable bonds is 10. The van der Waals surface area contributed by atoms with Crippen molar-refractivity contribution in [1.82, 2.24) is 5.32 Å². The Balaban J connectivity index is 1.60. The molecule has 1 unspecified atom stereocenters. The molecule has 4 aromatic rings. The Morgan fingerprint density at radius 1 is 0.646 bits per heavy atom. The number of nitrogens with one attached hydrogen (secondary N) is 2. The van der Waals surface area contributed by atoms with Crippen LogP contribution < -0.4 is 10.6 Å². The van der Waals surface area contributed by atoms with Crippen LogP contribution in [0.3, 0.4) is 0 Å². The molecular weight excluding hydrogens is 630 g/mol. The molecule has 4 nitrogen and oxygen atoms in total. The van der Waals surface area contributed by atoms with Crippen LogP contribution in [0.2, 0.25) is 0 Å². The number of carbonyl (C=O) groups is 2. The summed E-state index contributed by atoms with van der Waals surface area (Å²) >= 11 is 0. The lowest BCUT2D eigenvalue weighted by Gasteiger charge is -2.29. The summed E-state index contributed by atoms with van der Waals surface area (Å²) in [4.78, 5) is 25.4. The zero-order chi connectivity index (χ0) is 35.4. The van der Waals surface area contributed by atoms with E-state index in [1.807, 2.05) is 34.6 Å². The number of alkyl halides is 6. The molecule has 2 amide bonds. The topological polar surface area (TPSA) is 58.2 Å². The summed E-state index contributed by atoms with van der Waals surface area (Å²) in [5, 5.41) is 5.33. The summed E-state index contributed by atoms with van der Waals surface area (Å²) < 4.78 is 85.7. The number of carbonyl (C=O) groups excluding carboxylic acids is 2. The van der Waals surface area contributed by atoms with Gasteiger partial charge in [-0.25, -0.2) is 0 Å². The van der Waals surface area contributed by atoms with Gasteiger partial charge in [0.25, 0.3) is 11.8 Å². The number of anilines is 1. The van der Waals surface area contributed by atoms with E-state index in [-0.39, 0.29) is 23.2 Å². The van der Waals surface area contributed by atoms with Crippen LogP contribution in [0.1, 0.15) is 91.3 Å². The molecular formula is C38H38F6N2O2. The van der Waals surface area contributed by atoms with E-state index < -0.39 is 45.9 Å². The monoisotopic (exact) mass is 668 g/mol. The van der Waals surface area contributed by atoms with Crippen LogP contribution in [0, 0.1) is 0 Å². The molecule has 0 heterocycles. The number of hydrogen-bond donors (Lipinski definition) is 2. The third-order valence-electron chi connectivity index (χ3n) is 9.07. The summed E-state index contributed by atoms with van der Waals surface area (Å²) in [6, 6.07) is 19.6. The zero-order valence-corrected chi connectivity index (χ0v) is 27.4. The molecule has 254 valence electrons. The summed E-state index contributed by atoms with van der Waals surface area (Å²) in [6.45, 7) is 9.41. The van der Waals surface area contributed by atoms with Gasteiger partial charge in [-0.1, -0.05) is 70.2 Å². The van der Waals surface area contributed by atoms with E-state index in [0.717, 1.165) is 41.8 Å². The lowest BCUT2D eigenvalue weighted by molar-refractivity contribution is -0.139. The highest BCUT2D eigenvalue weighted by atomic mass is 19.4. The van der Waals surface area contributed by atoms with Crippen molar-refractivity contribution in [3.63, 3.8) is 0 Å². The van der Waals surface area contributed by atoms with E-state index in [4.69, 9.17) is 0 Å². The average molecular weight is 669 g/mol. The van der Waals surface area contributed by atoms with Crippen LogP contribution >= 0.6 is 0 Å². The molecule has 0 radical (unpaired) electrons. The van der Waals surface area contributed by atoms with Gasteiger partial charge < -0.3 is 10.6 Å². The van der Waals surface area contributed by atoms with Crippen molar-refractivity contribution in [2.75, 3.05) is 5.32 Å². The van der Waals surface area contributed by atoms with Crippen LogP contribution in [0.25, 0.3) is 22.3 Å². The van der Waals surface area contributed by atoms with E-state index in [1.54, 1.807) is 36.4 Å². The normalized spacial score (nSPS) is 12.8.